The highest BCUT2D eigenvalue weighted by Gasteiger charge is 2.03. The summed E-state index contributed by atoms with van der Waals surface area (Å²) < 4.78 is 0. The topological polar surface area (TPSA) is 24.7 Å². The molecule has 0 bridgehead atoms. The van der Waals surface area contributed by atoms with Gasteiger partial charge in [-0.2, -0.15) is 0 Å². The molecule has 2 rings (SSSR count). The van der Waals surface area contributed by atoms with E-state index < -0.39 is 0 Å². The SMILES string of the molecule is CCCCCCCCCCCCCCCCCCCCCCCCC=CC(C=Nc1ccc(CC)c(CC)c1)=Nc1ccc(CC)c(CC)c1. The standard InChI is InChI=1S/C48H78N2/c1-6-11-12-13-14-15-16-17-18-19-20-21-22-23-24-25-26-27-28-29-30-31-32-33-34-48(50-47-38-36-43(8-3)45(10-5)40-47)41-49-46-37-35-42(7-2)44(9-4)39-46/h33-41H,6-32H2,1-5H3. The predicted octanol–water partition coefficient (Wildman–Crippen LogP) is 16.0. The molecule has 0 aliphatic carbocycles. The molecule has 2 aromatic rings. The van der Waals surface area contributed by atoms with Gasteiger partial charge in [0, 0.05) is 0 Å². The van der Waals surface area contributed by atoms with E-state index in [0.29, 0.717) is 0 Å². The van der Waals surface area contributed by atoms with E-state index in [4.69, 9.17) is 9.98 Å². The minimum absolute atomic E-state index is 0.924. The largest absolute Gasteiger partial charge is 0.255 e. The Bertz CT molecular complexity index is 1200. The summed E-state index contributed by atoms with van der Waals surface area (Å²) in [6.45, 7) is 11.2. The van der Waals surface area contributed by atoms with Crippen molar-refractivity contribution in [3.05, 3.63) is 70.8 Å². The summed E-state index contributed by atoms with van der Waals surface area (Å²) in [4.78, 5) is 9.91. The van der Waals surface area contributed by atoms with Crippen molar-refractivity contribution in [1.82, 2.24) is 0 Å². The maximum atomic E-state index is 5.04. The molecule has 0 unspecified atom stereocenters. The van der Waals surface area contributed by atoms with Gasteiger partial charge in [0.05, 0.1) is 23.3 Å². The van der Waals surface area contributed by atoms with Gasteiger partial charge in [0.25, 0.3) is 0 Å². The number of benzene rings is 2. The fraction of sp³-hybridized carbons (Fsp3) is 0.667. The van der Waals surface area contributed by atoms with Gasteiger partial charge in [0.1, 0.15) is 0 Å². The van der Waals surface area contributed by atoms with Crippen molar-refractivity contribution in [3.8, 4) is 0 Å². The number of aryl methyl sites for hydroxylation is 4. The maximum absolute atomic E-state index is 5.04. The first kappa shape index (κ1) is 43.7. The lowest BCUT2D eigenvalue weighted by atomic mass is 10.0. The van der Waals surface area contributed by atoms with Crippen LogP contribution in [-0.2, 0) is 25.7 Å². The van der Waals surface area contributed by atoms with Crippen LogP contribution in [0.25, 0.3) is 0 Å². The van der Waals surface area contributed by atoms with Crippen LogP contribution in [0.2, 0.25) is 0 Å². The lowest BCUT2D eigenvalue weighted by Crippen LogP contribution is -1.96. The van der Waals surface area contributed by atoms with Crippen LogP contribution < -0.4 is 0 Å². The lowest BCUT2D eigenvalue weighted by molar-refractivity contribution is 0.519. The zero-order valence-corrected chi connectivity index (χ0v) is 33.7. The third kappa shape index (κ3) is 20.4. The fourth-order valence-corrected chi connectivity index (χ4v) is 7.20. The zero-order chi connectivity index (χ0) is 35.9. The van der Waals surface area contributed by atoms with Crippen LogP contribution in [0.3, 0.4) is 0 Å². The summed E-state index contributed by atoms with van der Waals surface area (Å²) in [6.07, 6.45) is 43.2. The number of hydrogen-bond acceptors (Lipinski definition) is 2. The van der Waals surface area contributed by atoms with E-state index in [2.05, 4.69) is 83.2 Å². The van der Waals surface area contributed by atoms with Gasteiger partial charge < -0.3 is 0 Å². The molecule has 50 heavy (non-hydrogen) atoms. The molecule has 0 aliphatic heterocycles. The number of aliphatic imine (C=N–C) groups is 2. The molecular weight excluding hydrogens is 605 g/mol. The molecular formula is C48H78N2. The van der Waals surface area contributed by atoms with Crippen LogP contribution in [0.15, 0.2) is 58.5 Å². The highest BCUT2D eigenvalue weighted by Crippen LogP contribution is 2.22. The second kappa shape index (κ2) is 30.2. The van der Waals surface area contributed by atoms with Crippen LogP contribution in [-0.4, -0.2) is 11.9 Å². The van der Waals surface area contributed by atoms with Crippen LogP contribution in [0, 0.1) is 0 Å². The third-order valence-electron chi connectivity index (χ3n) is 10.5. The number of nitrogens with zero attached hydrogens (tertiary/aromatic N) is 2. The fourth-order valence-electron chi connectivity index (χ4n) is 7.20. The summed E-state index contributed by atoms with van der Waals surface area (Å²) >= 11 is 0. The summed E-state index contributed by atoms with van der Waals surface area (Å²) in [7, 11) is 0. The number of allylic oxidation sites excluding steroid dienone is 2. The minimum Gasteiger partial charge on any atom is -0.255 e. The van der Waals surface area contributed by atoms with Gasteiger partial charge in [0.2, 0.25) is 0 Å². The number of unbranched alkanes of at least 4 members (excludes halogenated alkanes) is 22. The molecule has 2 nitrogen and oxygen atoms in total. The Hall–Kier alpha value is -2.48. The van der Waals surface area contributed by atoms with Crippen molar-refractivity contribution >= 4 is 23.3 Å². The minimum atomic E-state index is 0.924. The first-order chi connectivity index (χ1) is 24.6. The lowest BCUT2D eigenvalue weighted by Gasteiger charge is -2.07. The van der Waals surface area contributed by atoms with E-state index >= 15 is 0 Å². The zero-order valence-electron chi connectivity index (χ0n) is 33.7. The van der Waals surface area contributed by atoms with E-state index in [1.54, 1.807) is 0 Å². The van der Waals surface area contributed by atoms with Crippen molar-refractivity contribution in [1.29, 1.82) is 0 Å². The van der Waals surface area contributed by atoms with E-state index in [1.165, 1.54) is 164 Å². The average Bonchev–Trinajstić information content (AvgIpc) is 3.15. The molecule has 0 aromatic heterocycles. The van der Waals surface area contributed by atoms with E-state index in [9.17, 15) is 0 Å². The predicted molar refractivity (Wildman–Crippen MR) is 227 cm³/mol. The molecule has 0 fully saturated rings. The Balaban J connectivity index is 1.61. The molecule has 0 atom stereocenters. The number of rotatable bonds is 31. The van der Waals surface area contributed by atoms with Crippen molar-refractivity contribution in [3.63, 3.8) is 0 Å². The van der Waals surface area contributed by atoms with Gasteiger partial charge in [0.15, 0.2) is 0 Å². The Labute approximate surface area is 311 Å². The molecule has 0 amide bonds. The third-order valence-corrected chi connectivity index (χ3v) is 10.5. The molecule has 0 saturated carbocycles. The van der Waals surface area contributed by atoms with Crippen LogP contribution >= 0.6 is 0 Å². The monoisotopic (exact) mass is 683 g/mol. The molecule has 0 aliphatic rings. The maximum Gasteiger partial charge on any atom is 0.0816 e. The summed E-state index contributed by atoms with van der Waals surface area (Å²) in [6, 6.07) is 13.3. The smallest absolute Gasteiger partial charge is 0.0816 e. The normalized spacial score (nSPS) is 12.2. The molecule has 0 radical (unpaired) electrons. The van der Waals surface area contributed by atoms with Gasteiger partial charge >= 0.3 is 0 Å². The second-order valence-corrected chi connectivity index (χ2v) is 14.7. The second-order valence-electron chi connectivity index (χ2n) is 14.7. The van der Waals surface area contributed by atoms with Gasteiger partial charge in [-0.05, 0) is 91.1 Å². The van der Waals surface area contributed by atoms with Gasteiger partial charge in [-0.3, -0.25) is 4.99 Å². The van der Waals surface area contributed by atoms with Crippen LogP contribution in [0.1, 0.15) is 205 Å². The first-order valence-electron chi connectivity index (χ1n) is 21.7. The molecule has 280 valence electrons. The van der Waals surface area contributed by atoms with Gasteiger partial charge in [-0.1, -0.05) is 188 Å². The highest BCUT2D eigenvalue weighted by atomic mass is 14.8. The summed E-state index contributed by atoms with van der Waals surface area (Å²) in [5.74, 6) is 0. The number of hydrogen-bond donors (Lipinski definition) is 0. The Kier molecular flexibility index (Phi) is 26.4. The van der Waals surface area contributed by atoms with E-state index in [-0.39, 0.29) is 0 Å². The van der Waals surface area contributed by atoms with Gasteiger partial charge in [-0.25, -0.2) is 4.99 Å². The quantitative estimate of drug-likeness (QED) is 0.0558. The molecule has 0 heterocycles. The van der Waals surface area contributed by atoms with Crippen molar-refractivity contribution in [2.24, 2.45) is 9.98 Å². The summed E-state index contributed by atoms with van der Waals surface area (Å²) in [5, 5.41) is 0. The highest BCUT2D eigenvalue weighted by molar-refractivity contribution is 6.36. The molecule has 2 heteroatoms. The Morgan fingerprint density at radius 3 is 1.24 bits per heavy atom. The van der Waals surface area contributed by atoms with Gasteiger partial charge in [-0.15, -0.1) is 0 Å². The van der Waals surface area contributed by atoms with Crippen molar-refractivity contribution in [2.45, 2.75) is 208 Å². The van der Waals surface area contributed by atoms with Crippen LogP contribution in [0.4, 0.5) is 11.4 Å². The molecule has 0 saturated heterocycles. The average molecular weight is 683 g/mol. The van der Waals surface area contributed by atoms with E-state index in [0.717, 1.165) is 49.2 Å². The van der Waals surface area contributed by atoms with Crippen molar-refractivity contribution in [2.75, 3.05) is 0 Å². The van der Waals surface area contributed by atoms with E-state index in [1.807, 2.05) is 6.21 Å². The molecule has 0 spiro atoms. The van der Waals surface area contributed by atoms with Crippen LogP contribution in [0.5, 0.6) is 0 Å². The molecule has 0 N–H and O–H groups in total. The van der Waals surface area contributed by atoms with Crippen molar-refractivity contribution < 1.29 is 0 Å². The summed E-state index contributed by atoms with van der Waals surface area (Å²) in [5.41, 5.74) is 8.58. The molecule has 2 aromatic carbocycles. The Morgan fingerprint density at radius 1 is 0.440 bits per heavy atom. The Morgan fingerprint density at radius 2 is 0.820 bits per heavy atom. The first-order valence-corrected chi connectivity index (χ1v) is 21.7.